The molecule has 2 rings (SSSR count). The Morgan fingerprint density at radius 2 is 2.00 bits per heavy atom. The molecule has 0 bridgehead atoms. The Bertz CT molecular complexity index is 412. The molecule has 1 aliphatic heterocycles. The number of nitrogens with zero attached hydrogens (tertiary/aromatic N) is 1. The number of aliphatic imine (C=N–C) groups is 1. The van der Waals surface area contributed by atoms with E-state index in [0.29, 0.717) is 0 Å². The fourth-order valence-electron chi connectivity index (χ4n) is 1.93. The van der Waals surface area contributed by atoms with E-state index < -0.39 is 0 Å². The van der Waals surface area contributed by atoms with Crippen molar-refractivity contribution in [3.05, 3.63) is 60.2 Å². The lowest BCUT2D eigenvalue weighted by molar-refractivity contribution is 0.802. The molecule has 0 aromatic heterocycles. The van der Waals surface area contributed by atoms with Crippen molar-refractivity contribution in [1.82, 2.24) is 0 Å². The van der Waals surface area contributed by atoms with E-state index in [1.54, 1.807) is 0 Å². The smallest absolute Gasteiger partial charge is 0.0610 e. The molecule has 1 heterocycles. The van der Waals surface area contributed by atoms with Crippen LogP contribution in [-0.4, -0.2) is 12.3 Å². The summed E-state index contributed by atoms with van der Waals surface area (Å²) in [4.78, 5) is 4.37. The van der Waals surface area contributed by atoms with Crippen LogP contribution in [0.15, 0.2) is 59.6 Å². The van der Waals surface area contributed by atoms with Gasteiger partial charge in [-0.05, 0) is 42.6 Å². The van der Waals surface area contributed by atoms with Gasteiger partial charge in [0.2, 0.25) is 0 Å². The molecule has 1 heteroatoms. The maximum Gasteiger partial charge on any atom is 0.0610 e. The predicted molar refractivity (Wildman–Crippen MR) is 70.0 cm³/mol. The first-order valence-corrected chi connectivity index (χ1v) is 5.79. The summed E-state index contributed by atoms with van der Waals surface area (Å²) in [6.45, 7) is 4.60. The summed E-state index contributed by atoms with van der Waals surface area (Å²) < 4.78 is 0. The maximum absolute atomic E-state index is 4.37. The van der Waals surface area contributed by atoms with Crippen LogP contribution in [-0.2, 0) is 6.42 Å². The van der Waals surface area contributed by atoms with Gasteiger partial charge in [0.15, 0.2) is 0 Å². The summed E-state index contributed by atoms with van der Waals surface area (Å²) in [5, 5.41) is 0. The van der Waals surface area contributed by atoms with Crippen LogP contribution < -0.4 is 0 Å². The molecule has 0 spiro atoms. The Kier molecular flexibility index (Phi) is 3.71. The van der Waals surface area contributed by atoms with Gasteiger partial charge >= 0.3 is 0 Å². The van der Waals surface area contributed by atoms with Crippen LogP contribution in [0.25, 0.3) is 0 Å². The molecule has 1 aliphatic rings. The van der Waals surface area contributed by atoms with Crippen LogP contribution in [0.2, 0.25) is 0 Å². The van der Waals surface area contributed by atoms with Crippen molar-refractivity contribution >= 4 is 5.71 Å². The average Bonchev–Trinajstić information content (AvgIpc) is 2.78. The van der Waals surface area contributed by atoms with E-state index in [4.69, 9.17) is 0 Å². The van der Waals surface area contributed by atoms with Gasteiger partial charge in [0.1, 0.15) is 0 Å². The minimum atomic E-state index is 0.871. The van der Waals surface area contributed by atoms with E-state index in [1.807, 2.05) is 6.08 Å². The Hall–Kier alpha value is -1.63. The van der Waals surface area contributed by atoms with Gasteiger partial charge < -0.3 is 0 Å². The number of allylic oxidation sites excluding steroid dienone is 2. The second kappa shape index (κ2) is 5.45. The predicted octanol–water partition coefficient (Wildman–Crippen LogP) is 3.58. The molecular weight excluding hydrogens is 194 g/mol. The molecule has 0 saturated heterocycles. The van der Waals surface area contributed by atoms with Gasteiger partial charge in [-0.1, -0.05) is 36.9 Å². The van der Waals surface area contributed by atoms with Crippen molar-refractivity contribution in [2.24, 2.45) is 4.99 Å². The standard InChI is InChI=1S/C15H17N/c1-2-15-11-14(12-16-15)10-6-9-13-7-4-3-5-8-13/h2-5,7-8,11H,1,6,9-10,12H2. The van der Waals surface area contributed by atoms with Gasteiger partial charge in [0.05, 0.1) is 12.3 Å². The molecule has 0 amide bonds. The molecule has 0 N–H and O–H groups in total. The molecule has 82 valence electrons. The molecule has 0 radical (unpaired) electrons. The van der Waals surface area contributed by atoms with Crippen molar-refractivity contribution in [3.8, 4) is 0 Å². The van der Waals surface area contributed by atoms with Crippen molar-refractivity contribution in [1.29, 1.82) is 0 Å². The van der Waals surface area contributed by atoms with Crippen molar-refractivity contribution < 1.29 is 0 Å². The van der Waals surface area contributed by atoms with E-state index in [0.717, 1.165) is 25.1 Å². The van der Waals surface area contributed by atoms with Crippen LogP contribution >= 0.6 is 0 Å². The Balaban J connectivity index is 1.76. The average molecular weight is 211 g/mol. The van der Waals surface area contributed by atoms with Crippen LogP contribution in [0, 0.1) is 0 Å². The summed E-state index contributed by atoms with van der Waals surface area (Å²) in [7, 11) is 0. The number of benzene rings is 1. The molecule has 16 heavy (non-hydrogen) atoms. The van der Waals surface area contributed by atoms with E-state index in [9.17, 15) is 0 Å². The molecule has 0 atom stereocenters. The fraction of sp³-hybridized carbons (Fsp3) is 0.267. The zero-order valence-corrected chi connectivity index (χ0v) is 9.52. The molecule has 0 fully saturated rings. The van der Waals surface area contributed by atoms with Gasteiger partial charge in [0.25, 0.3) is 0 Å². The lowest BCUT2D eigenvalue weighted by Gasteiger charge is -2.01. The Labute approximate surface area is 97.2 Å². The summed E-state index contributed by atoms with van der Waals surface area (Å²) in [6, 6.07) is 10.6. The van der Waals surface area contributed by atoms with E-state index in [-0.39, 0.29) is 0 Å². The zero-order valence-electron chi connectivity index (χ0n) is 9.52. The van der Waals surface area contributed by atoms with Crippen LogP contribution in [0.4, 0.5) is 0 Å². The third kappa shape index (κ3) is 2.93. The SMILES string of the molecule is C=CC1=NCC(CCCc2ccccc2)=C1. The van der Waals surface area contributed by atoms with Crippen LogP contribution in [0.3, 0.4) is 0 Å². The highest BCUT2D eigenvalue weighted by molar-refractivity contribution is 6.05. The molecule has 1 aromatic rings. The highest BCUT2D eigenvalue weighted by atomic mass is 14.7. The van der Waals surface area contributed by atoms with Crippen molar-refractivity contribution in [3.63, 3.8) is 0 Å². The lowest BCUT2D eigenvalue weighted by Crippen LogP contribution is -1.89. The van der Waals surface area contributed by atoms with Gasteiger partial charge in [-0.15, -0.1) is 0 Å². The van der Waals surface area contributed by atoms with Gasteiger partial charge in [-0.25, -0.2) is 0 Å². The first-order valence-electron chi connectivity index (χ1n) is 5.79. The summed E-state index contributed by atoms with van der Waals surface area (Å²) in [5.74, 6) is 0. The Morgan fingerprint density at radius 3 is 2.69 bits per heavy atom. The summed E-state index contributed by atoms with van der Waals surface area (Å²) >= 11 is 0. The topological polar surface area (TPSA) is 12.4 Å². The molecular formula is C15H17N. The summed E-state index contributed by atoms with van der Waals surface area (Å²) in [5.41, 5.74) is 3.89. The van der Waals surface area contributed by atoms with Gasteiger partial charge in [0, 0.05) is 0 Å². The first-order chi connectivity index (χ1) is 7.88. The monoisotopic (exact) mass is 211 g/mol. The minimum Gasteiger partial charge on any atom is -0.281 e. The molecule has 1 aromatic carbocycles. The number of hydrogen-bond donors (Lipinski definition) is 0. The second-order valence-electron chi connectivity index (χ2n) is 4.09. The quantitative estimate of drug-likeness (QED) is 0.706. The third-order valence-electron chi connectivity index (χ3n) is 2.83. The fourth-order valence-corrected chi connectivity index (χ4v) is 1.93. The maximum atomic E-state index is 4.37. The first kappa shape index (κ1) is 10.9. The van der Waals surface area contributed by atoms with Crippen LogP contribution in [0.1, 0.15) is 18.4 Å². The van der Waals surface area contributed by atoms with E-state index in [2.05, 4.69) is 48.0 Å². The highest BCUT2D eigenvalue weighted by Crippen LogP contribution is 2.14. The second-order valence-corrected chi connectivity index (χ2v) is 4.09. The molecule has 0 aliphatic carbocycles. The number of rotatable bonds is 5. The van der Waals surface area contributed by atoms with Gasteiger partial charge in [-0.2, -0.15) is 0 Å². The highest BCUT2D eigenvalue weighted by Gasteiger charge is 2.05. The van der Waals surface area contributed by atoms with Crippen molar-refractivity contribution in [2.75, 3.05) is 6.54 Å². The Morgan fingerprint density at radius 1 is 1.19 bits per heavy atom. The summed E-state index contributed by atoms with van der Waals surface area (Å²) in [6.07, 6.45) is 7.50. The normalized spacial score (nSPS) is 14.5. The largest absolute Gasteiger partial charge is 0.281 e. The molecule has 0 unspecified atom stereocenters. The molecule has 0 saturated carbocycles. The third-order valence-corrected chi connectivity index (χ3v) is 2.83. The van der Waals surface area contributed by atoms with Crippen LogP contribution in [0.5, 0.6) is 0 Å². The van der Waals surface area contributed by atoms with E-state index >= 15 is 0 Å². The minimum absolute atomic E-state index is 0.871. The van der Waals surface area contributed by atoms with Gasteiger partial charge in [-0.3, -0.25) is 4.99 Å². The lowest BCUT2D eigenvalue weighted by atomic mass is 10.0. The number of aryl methyl sites for hydroxylation is 1. The zero-order chi connectivity index (χ0) is 11.2. The van der Waals surface area contributed by atoms with Crippen molar-refractivity contribution in [2.45, 2.75) is 19.3 Å². The molecule has 1 nitrogen and oxygen atoms in total. The number of hydrogen-bond acceptors (Lipinski definition) is 1. The van der Waals surface area contributed by atoms with E-state index in [1.165, 1.54) is 17.6 Å².